The van der Waals surface area contributed by atoms with Crippen LogP contribution in [0.1, 0.15) is 12.0 Å². The van der Waals surface area contributed by atoms with Crippen molar-refractivity contribution in [2.24, 2.45) is 10.9 Å². The van der Waals surface area contributed by atoms with E-state index in [1.165, 1.54) is 5.56 Å². The van der Waals surface area contributed by atoms with E-state index in [9.17, 15) is 0 Å². The maximum absolute atomic E-state index is 8.50. The van der Waals surface area contributed by atoms with Crippen LogP contribution in [-0.2, 0) is 11.3 Å². The van der Waals surface area contributed by atoms with Crippen LogP contribution in [0.15, 0.2) is 22.0 Å². The average Bonchev–Trinajstić information content (AvgIpc) is 2.84. The van der Waals surface area contributed by atoms with E-state index >= 15 is 0 Å². The van der Waals surface area contributed by atoms with E-state index in [0.29, 0.717) is 13.0 Å². The molecule has 17 heavy (non-hydrogen) atoms. The van der Waals surface area contributed by atoms with Gasteiger partial charge in [0.05, 0.1) is 6.61 Å². The smallest absolute Gasteiger partial charge is 0.140 e. The standard InChI is InChI=1S/C11H19N3O2S/c1-16-6-5-14(4-2-11(12)13-15)8-10-3-7-17-9-10/h3,7,9,15H,2,4-6,8H2,1H3,(H2,12,13). The van der Waals surface area contributed by atoms with Crippen molar-refractivity contribution in [3.8, 4) is 0 Å². The molecule has 0 aliphatic carbocycles. The molecule has 1 rings (SSSR count). The second kappa shape index (κ2) is 8.05. The minimum atomic E-state index is 0.262. The van der Waals surface area contributed by atoms with Gasteiger partial charge in [0.15, 0.2) is 0 Å². The lowest BCUT2D eigenvalue weighted by Crippen LogP contribution is -2.30. The molecule has 0 spiro atoms. The molecule has 0 atom stereocenters. The zero-order valence-electron chi connectivity index (χ0n) is 10.0. The molecule has 0 saturated carbocycles. The summed E-state index contributed by atoms with van der Waals surface area (Å²) in [4.78, 5) is 2.23. The predicted molar refractivity (Wildman–Crippen MR) is 69.5 cm³/mol. The quantitative estimate of drug-likeness (QED) is 0.319. The topological polar surface area (TPSA) is 71.1 Å². The van der Waals surface area contributed by atoms with Crippen molar-refractivity contribution >= 4 is 17.2 Å². The van der Waals surface area contributed by atoms with Crippen LogP contribution < -0.4 is 5.73 Å². The maximum atomic E-state index is 8.50. The largest absolute Gasteiger partial charge is 0.409 e. The highest BCUT2D eigenvalue weighted by atomic mass is 32.1. The van der Waals surface area contributed by atoms with Gasteiger partial charge in [-0.3, -0.25) is 4.90 Å². The van der Waals surface area contributed by atoms with Gasteiger partial charge in [-0.1, -0.05) is 5.16 Å². The van der Waals surface area contributed by atoms with Crippen LogP contribution in [0.5, 0.6) is 0 Å². The predicted octanol–water partition coefficient (Wildman–Crippen LogP) is 1.33. The molecule has 0 aliphatic heterocycles. The molecule has 1 heterocycles. The van der Waals surface area contributed by atoms with Crippen molar-refractivity contribution < 1.29 is 9.94 Å². The Hall–Kier alpha value is -1.11. The molecule has 0 saturated heterocycles. The first-order valence-electron chi connectivity index (χ1n) is 5.45. The Balaban J connectivity index is 2.42. The lowest BCUT2D eigenvalue weighted by molar-refractivity contribution is 0.145. The normalized spacial score (nSPS) is 12.2. The SMILES string of the molecule is COCCN(CC/C(N)=N/O)Cc1ccsc1. The Bertz CT molecular complexity index is 327. The van der Waals surface area contributed by atoms with Gasteiger partial charge in [0.1, 0.15) is 5.84 Å². The molecule has 0 fully saturated rings. The van der Waals surface area contributed by atoms with Gasteiger partial charge in [0.2, 0.25) is 0 Å². The fourth-order valence-corrected chi connectivity index (χ4v) is 2.11. The highest BCUT2D eigenvalue weighted by molar-refractivity contribution is 7.07. The van der Waals surface area contributed by atoms with Crippen molar-refractivity contribution in [2.45, 2.75) is 13.0 Å². The van der Waals surface area contributed by atoms with E-state index in [1.807, 2.05) is 0 Å². The molecule has 6 heteroatoms. The molecule has 5 nitrogen and oxygen atoms in total. The Kier molecular flexibility index (Phi) is 6.61. The number of oxime groups is 1. The number of hydrogen-bond acceptors (Lipinski definition) is 5. The van der Waals surface area contributed by atoms with Gasteiger partial charge in [-0.2, -0.15) is 11.3 Å². The Morgan fingerprint density at radius 3 is 3.00 bits per heavy atom. The summed E-state index contributed by atoms with van der Waals surface area (Å²) in [7, 11) is 1.69. The van der Waals surface area contributed by atoms with Gasteiger partial charge >= 0.3 is 0 Å². The summed E-state index contributed by atoms with van der Waals surface area (Å²) in [5.74, 6) is 0.262. The van der Waals surface area contributed by atoms with Crippen molar-refractivity contribution in [3.63, 3.8) is 0 Å². The minimum absolute atomic E-state index is 0.262. The summed E-state index contributed by atoms with van der Waals surface area (Å²) in [6, 6.07) is 2.11. The first-order chi connectivity index (χ1) is 8.26. The molecule has 0 radical (unpaired) electrons. The van der Waals surface area contributed by atoms with Crippen molar-refractivity contribution in [1.82, 2.24) is 4.90 Å². The first-order valence-corrected chi connectivity index (χ1v) is 6.39. The number of methoxy groups -OCH3 is 1. The molecule has 1 aromatic heterocycles. The molecular formula is C11H19N3O2S. The molecule has 0 amide bonds. The monoisotopic (exact) mass is 257 g/mol. The number of amidine groups is 1. The van der Waals surface area contributed by atoms with E-state index in [4.69, 9.17) is 15.7 Å². The van der Waals surface area contributed by atoms with E-state index in [0.717, 1.165) is 19.6 Å². The Morgan fingerprint density at radius 2 is 2.41 bits per heavy atom. The second-order valence-electron chi connectivity index (χ2n) is 3.74. The molecule has 0 unspecified atom stereocenters. The van der Waals surface area contributed by atoms with Gasteiger partial charge < -0.3 is 15.7 Å². The van der Waals surface area contributed by atoms with Gasteiger partial charge in [0.25, 0.3) is 0 Å². The number of nitrogens with zero attached hydrogens (tertiary/aromatic N) is 2. The van der Waals surface area contributed by atoms with E-state index in [1.54, 1.807) is 18.4 Å². The third-order valence-corrected chi connectivity index (χ3v) is 3.14. The van der Waals surface area contributed by atoms with Crippen LogP contribution in [0.25, 0.3) is 0 Å². The van der Waals surface area contributed by atoms with Crippen LogP contribution in [0.4, 0.5) is 0 Å². The van der Waals surface area contributed by atoms with Crippen LogP contribution in [-0.4, -0.2) is 42.7 Å². The lowest BCUT2D eigenvalue weighted by Gasteiger charge is -2.21. The van der Waals surface area contributed by atoms with Crippen molar-refractivity contribution in [2.75, 3.05) is 26.8 Å². The van der Waals surface area contributed by atoms with Crippen molar-refractivity contribution in [1.29, 1.82) is 0 Å². The summed E-state index contributed by atoms with van der Waals surface area (Å²) in [6.45, 7) is 3.14. The lowest BCUT2D eigenvalue weighted by atomic mass is 10.3. The third-order valence-electron chi connectivity index (χ3n) is 2.41. The van der Waals surface area contributed by atoms with Crippen LogP contribution in [0, 0.1) is 0 Å². The van der Waals surface area contributed by atoms with Crippen LogP contribution in [0.3, 0.4) is 0 Å². The van der Waals surface area contributed by atoms with E-state index in [-0.39, 0.29) is 5.84 Å². The number of rotatable bonds is 8. The Morgan fingerprint density at radius 1 is 1.59 bits per heavy atom. The number of nitrogens with two attached hydrogens (primary N) is 1. The highest BCUT2D eigenvalue weighted by Crippen LogP contribution is 2.09. The van der Waals surface area contributed by atoms with Gasteiger partial charge in [-0.25, -0.2) is 0 Å². The van der Waals surface area contributed by atoms with E-state index in [2.05, 4.69) is 26.9 Å². The molecule has 0 bridgehead atoms. The summed E-state index contributed by atoms with van der Waals surface area (Å²) < 4.78 is 5.07. The zero-order chi connectivity index (χ0) is 12.5. The summed E-state index contributed by atoms with van der Waals surface area (Å²) >= 11 is 1.69. The molecule has 0 aliphatic rings. The average molecular weight is 257 g/mol. The summed E-state index contributed by atoms with van der Waals surface area (Å²) in [5, 5.41) is 15.7. The Labute approximate surface area is 105 Å². The number of hydrogen-bond donors (Lipinski definition) is 2. The van der Waals surface area contributed by atoms with Crippen molar-refractivity contribution in [3.05, 3.63) is 22.4 Å². The third kappa shape index (κ3) is 5.67. The molecule has 1 aromatic rings. The fourth-order valence-electron chi connectivity index (χ4n) is 1.45. The van der Waals surface area contributed by atoms with E-state index < -0.39 is 0 Å². The second-order valence-corrected chi connectivity index (χ2v) is 4.52. The fraction of sp³-hybridized carbons (Fsp3) is 0.545. The molecule has 0 aromatic carbocycles. The van der Waals surface area contributed by atoms with Crippen LogP contribution >= 0.6 is 11.3 Å². The first kappa shape index (κ1) is 14.0. The molecule has 96 valence electrons. The van der Waals surface area contributed by atoms with Gasteiger partial charge in [-0.15, -0.1) is 0 Å². The molecular weight excluding hydrogens is 238 g/mol. The zero-order valence-corrected chi connectivity index (χ0v) is 10.8. The number of ether oxygens (including phenoxy) is 1. The van der Waals surface area contributed by atoms with Gasteiger partial charge in [0, 0.05) is 33.2 Å². The molecule has 3 N–H and O–H groups in total. The summed E-state index contributed by atoms with van der Waals surface area (Å²) in [6.07, 6.45) is 0.560. The summed E-state index contributed by atoms with van der Waals surface area (Å²) in [5.41, 5.74) is 6.75. The van der Waals surface area contributed by atoms with Gasteiger partial charge in [-0.05, 0) is 22.4 Å². The maximum Gasteiger partial charge on any atom is 0.140 e. The van der Waals surface area contributed by atoms with Crippen LogP contribution in [0.2, 0.25) is 0 Å². The highest BCUT2D eigenvalue weighted by Gasteiger charge is 2.07. The number of thiophene rings is 1. The minimum Gasteiger partial charge on any atom is -0.409 e.